The molecular formula is C12H24O2Si. The Kier molecular flexibility index (Phi) is 3.79. The lowest BCUT2D eigenvalue weighted by Crippen LogP contribution is -2.41. The molecule has 2 atom stereocenters. The van der Waals surface area contributed by atoms with Crippen molar-refractivity contribution in [2.24, 2.45) is 0 Å². The van der Waals surface area contributed by atoms with Crippen LogP contribution in [0.5, 0.6) is 0 Å². The monoisotopic (exact) mass is 228 g/mol. The Morgan fingerprint density at radius 2 is 1.93 bits per heavy atom. The van der Waals surface area contributed by atoms with E-state index in [-0.39, 0.29) is 5.04 Å². The number of hydrogen-bond donors (Lipinski definition) is 0. The molecule has 1 rings (SSSR count). The van der Waals surface area contributed by atoms with Gasteiger partial charge in [0.25, 0.3) is 0 Å². The van der Waals surface area contributed by atoms with Gasteiger partial charge < -0.3 is 9.16 Å². The summed E-state index contributed by atoms with van der Waals surface area (Å²) in [6.07, 6.45) is 4.74. The van der Waals surface area contributed by atoms with E-state index < -0.39 is 8.32 Å². The first-order chi connectivity index (χ1) is 6.78. The molecule has 0 bridgehead atoms. The van der Waals surface area contributed by atoms with Crippen LogP contribution in [-0.2, 0) is 9.16 Å². The molecule has 0 N–H and O–H groups in total. The van der Waals surface area contributed by atoms with Gasteiger partial charge in [-0.3, -0.25) is 0 Å². The summed E-state index contributed by atoms with van der Waals surface area (Å²) in [6, 6.07) is 0. The van der Waals surface area contributed by atoms with Crippen LogP contribution < -0.4 is 0 Å². The summed E-state index contributed by atoms with van der Waals surface area (Å²) in [5.74, 6) is 0. The Labute approximate surface area is 94.8 Å². The van der Waals surface area contributed by atoms with Crippen LogP contribution in [0.15, 0.2) is 12.2 Å². The topological polar surface area (TPSA) is 21.8 Å². The number of allylic oxidation sites excluding steroid dienone is 1. The fraction of sp³-hybridized carbons (Fsp3) is 0.833. The largest absolute Gasteiger partial charge is 0.414 e. The van der Waals surface area contributed by atoms with Gasteiger partial charge in [0, 0.05) is 0 Å². The van der Waals surface area contributed by atoms with Crippen LogP contribution >= 0.6 is 0 Å². The van der Waals surface area contributed by atoms with Gasteiger partial charge in [0.15, 0.2) is 8.32 Å². The lowest BCUT2D eigenvalue weighted by molar-refractivity contribution is 0.242. The zero-order chi connectivity index (χ0) is 11.7. The van der Waals surface area contributed by atoms with Crippen LogP contribution in [0.1, 0.15) is 27.7 Å². The Bertz CT molecular complexity index is 240. The third-order valence-corrected chi connectivity index (χ3v) is 7.92. The maximum atomic E-state index is 6.07. The third kappa shape index (κ3) is 3.43. The zero-order valence-electron chi connectivity index (χ0n) is 10.8. The second-order valence-corrected chi connectivity index (χ2v) is 10.5. The summed E-state index contributed by atoms with van der Waals surface area (Å²) >= 11 is 0. The predicted molar refractivity (Wildman–Crippen MR) is 66.6 cm³/mol. The number of hydrogen-bond acceptors (Lipinski definition) is 2. The molecule has 0 unspecified atom stereocenters. The zero-order valence-corrected chi connectivity index (χ0v) is 11.8. The predicted octanol–water partition coefficient (Wildman–Crippen LogP) is 3.35. The van der Waals surface area contributed by atoms with Gasteiger partial charge in [-0.25, -0.2) is 0 Å². The lowest BCUT2D eigenvalue weighted by Gasteiger charge is -2.35. The van der Waals surface area contributed by atoms with Crippen molar-refractivity contribution < 1.29 is 9.16 Å². The van der Waals surface area contributed by atoms with Gasteiger partial charge >= 0.3 is 0 Å². The molecule has 0 radical (unpaired) electrons. The summed E-state index contributed by atoms with van der Waals surface area (Å²) in [5, 5.41) is 0.290. The smallest absolute Gasteiger partial charge is 0.192 e. The average molecular weight is 228 g/mol. The molecule has 0 aliphatic carbocycles. The molecule has 0 aromatic rings. The molecule has 1 aliphatic rings. The van der Waals surface area contributed by atoms with E-state index in [1.54, 1.807) is 0 Å². The summed E-state index contributed by atoms with van der Waals surface area (Å²) in [6.45, 7) is 14.1. The minimum atomic E-state index is -1.58. The molecule has 0 aromatic heterocycles. The van der Waals surface area contributed by atoms with Crippen LogP contribution in [-0.4, -0.2) is 27.1 Å². The van der Waals surface area contributed by atoms with Crippen molar-refractivity contribution in [1.82, 2.24) is 0 Å². The van der Waals surface area contributed by atoms with Gasteiger partial charge in [-0.1, -0.05) is 32.9 Å². The maximum Gasteiger partial charge on any atom is 0.192 e. The highest BCUT2D eigenvalue weighted by Crippen LogP contribution is 2.37. The molecule has 1 aliphatic heterocycles. The molecule has 1 fully saturated rings. The third-order valence-electron chi connectivity index (χ3n) is 3.42. The van der Waals surface area contributed by atoms with E-state index in [0.717, 1.165) is 6.61 Å². The van der Waals surface area contributed by atoms with Crippen molar-refractivity contribution in [3.05, 3.63) is 12.2 Å². The summed E-state index contributed by atoms with van der Waals surface area (Å²) in [4.78, 5) is 0. The molecule has 88 valence electrons. The highest BCUT2D eigenvalue weighted by molar-refractivity contribution is 6.74. The molecular weight excluding hydrogens is 204 g/mol. The molecule has 1 heterocycles. The standard InChI is InChI=1S/C12H24O2Si/c1-7-8-10-11(14-10)9-13-15(5,6)12(2,3)4/h7-8,10-11H,9H2,1-6H3/b8-7+/t10-,11+/m1/s1. The summed E-state index contributed by atoms with van der Waals surface area (Å²) < 4.78 is 11.6. The van der Waals surface area contributed by atoms with Crippen molar-refractivity contribution in [3.63, 3.8) is 0 Å². The van der Waals surface area contributed by atoms with Crippen LogP contribution in [0.2, 0.25) is 18.1 Å². The molecule has 1 saturated heterocycles. The molecule has 15 heavy (non-hydrogen) atoms. The summed E-state index contributed by atoms with van der Waals surface area (Å²) in [7, 11) is -1.58. The van der Waals surface area contributed by atoms with Crippen LogP contribution in [0.4, 0.5) is 0 Å². The minimum absolute atomic E-state index is 0.290. The van der Waals surface area contributed by atoms with Gasteiger partial charge in [-0.05, 0) is 25.1 Å². The van der Waals surface area contributed by atoms with Crippen molar-refractivity contribution in [2.45, 2.75) is 58.0 Å². The van der Waals surface area contributed by atoms with Crippen molar-refractivity contribution >= 4 is 8.32 Å². The van der Waals surface area contributed by atoms with E-state index in [9.17, 15) is 0 Å². The molecule has 0 spiro atoms. The molecule has 2 nitrogen and oxygen atoms in total. The van der Waals surface area contributed by atoms with Crippen LogP contribution in [0.25, 0.3) is 0 Å². The Hall–Kier alpha value is -0.123. The van der Waals surface area contributed by atoms with Gasteiger partial charge in [-0.2, -0.15) is 0 Å². The van der Waals surface area contributed by atoms with E-state index in [4.69, 9.17) is 9.16 Å². The molecule has 3 heteroatoms. The highest BCUT2D eigenvalue weighted by atomic mass is 28.4. The van der Waals surface area contributed by atoms with E-state index in [1.165, 1.54) is 0 Å². The average Bonchev–Trinajstić information content (AvgIpc) is 2.79. The van der Waals surface area contributed by atoms with Gasteiger partial charge in [0.1, 0.15) is 12.2 Å². The minimum Gasteiger partial charge on any atom is -0.414 e. The van der Waals surface area contributed by atoms with Crippen molar-refractivity contribution in [2.75, 3.05) is 6.61 Å². The fourth-order valence-electron chi connectivity index (χ4n) is 1.16. The Morgan fingerprint density at radius 1 is 1.33 bits per heavy atom. The van der Waals surface area contributed by atoms with E-state index in [2.05, 4.69) is 39.9 Å². The van der Waals surface area contributed by atoms with E-state index in [0.29, 0.717) is 12.2 Å². The number of ether oxygens (including phenoxy) is 1. The van der Waals surface area contributed by atoms with Gasteiger partial charge in [-0.15, -0.1) is 0 Å². The van der Waals surface area contributed by atoms with E-state index in [1.807, 2.05) is 13.0 Å². The first-order valence-corrected chi connectivity index (χ1v) is 8.61. The molecule has 0 amide bonds. The highest BCUT2D eigenvalue weighted by Gasteiger charge is 2.42. The molecule has 0 saturated carbocycles. The second-order valence-electron chi connectivity index (χ2n) is 5.74. The quantitative estimate of drug-likeness (QED) is 0.418. The fourth-order valence-corrected chi connectivity index (χ4v) is 2.17. The lowest BCUT2D eigenvalue weighted by atomic mass is 10.2. The van der Waals surface area contributed by atoms with Crippen molar-refractivity contribution in [3.8, 4) is 0 Å². The first-order valence-electron chi connectivity index (χ1n) is 5.70. The number of epoxide rings is 1. The summed E-state index contributed by atoms with van der Waals surface area (Å²) in [5.41, 5.74) is 0. The normalized spacial score (nSPS) is 27.3. The SMILES string of the molecule is C/C=C/[C@H]1O[C@H]1CO[Si](C)(C)C(C)(C)C. The van der Waals surface area contributed by atoms with Crippen LogP contribution in [0, 0.1) is 0 Å². The molecule has 0 aromatic carbocycles. The van der Waals surface area contributed by atoms with Crippen LogP contribution in [0.3, 0.4) is 0 Å². The van der Waals surface area contributed by atoms with Crippen molar-refractivity contribution in [1.29, 1.82) is 0 Å². The van der Waals surface area contributed by atoms with Gasteiger partial charge in [0.2, 0.25) is 0 Å². The van der Waals surface area contributed by atoms with E-state index >= 15 is 0 Å². The maximum absolute atomic E-state index is 6.07. The Balaban J connectivity index is 2.33. The van der Waals surface area contributed by atoms with Gasteiger partial charge in [0.05, 0.1) is 6.61 Å². The Morgan fingerprint density at radius 3 is 2.40 bits per heavy atom. The second kappa shape index (κ2) is 4.40. The first kappa shape index (κ1) is 12.9. The number of rotatable bonds is 4.